The predicted octanol–water partition coefficient (Wildman–Crippen LogP) is 0.191. The lowest BCUT2D eigenvalue weighted by atomic mass is 10.1. The number of benzene rings is 1. The van der Waals surface area contributed by atoms with Crippen LogP contribution in [0.15, 0.2) is 18.2 Å². The maximum atomic E-state index is 11.6. The van der Waals surface area contributed by atoms with Gasteiger partial charge in [-0.2, -0.15) is 0 Å². The molecule has 5 heteroatoms. The van der Waals surface area contributed by atoms with E-state index < -0.39 is 11.9 Å². The van der Waals surface area contributed by atoms with Crippen LogP contribution in [0.4, 0.5) is 0 Å². The predicted molar refractivity (Wildman–Crippen MR) is 57.3 cm³/mol. The largest absolute Gasteiger partial charge is 0.872 e. The Labute approximate surface area is 99.0 Å². The molecule has 1 rings (SSSR count). The van der Waals surface area contributed by atoms with Crippen molar-refractivity contribution in [2.45, 2.75) is 12.8 Å². The van der Waals surface area contributed by atoms with Gasteiger partial charge >= 0.3 is 11.9 Å². The van der Waals surface area contributed by atoms with Gasteiger partial charge in [-0.15, -0.1) is 5.75 Å². The third kappa shape index (κ3) is 3.79. The van der Waals surface area contributed by atoms with Gasteiger partial charge in [-0.1, -0.05) is 18.2 Å². The van der Waals surface area contributed by atoms with Gasteiger partial charge in [-0.25, -0.2) is 0 Å². The minimum Gasteiger partial charge on any atom is -0.872 e. The van der Waals surface area contributed by atoms with Crippen LogP contribution in [0.25, 0.3) is 0 Å². The summed E-state index contributed by atoms with van der Waals surface area (Å²) in [6.45, 7) is 0. The van der Waals surface area contributed by atoms with Gasteiger partial charge in [0.05, 0.1) is 27.1 Å². The normalized spacial score (nSPS) is 9.76. The number of hydrogen-bond donors (Lipinski definition) is 0. The first-order chi connectivity index (χ1) is 8.06. The van der Waals surface area contributed by atoms with Gasteiger partial charge in [-0.3, -0.25) is 9.59 Å². The molecule has 0 spiro atoms. The Morgan fingerprint density at radius 3 is 2.24 bits per heavy atom. The Kier molecular flexibility index (Phi) is 4.51. The van der Waals surface area contributed by atoms with E-state index in [-0.39, 0.29) is 18.6 Å². The number of esters is 2. The monoisotopic (exact) mass is 237 g/mol. The van der Waals surface area contributed by atoms with Gasteiger partial charge in [0.25, 0.3) is 0 Å². The minimum absolute atomic E-state index is 0.0459. The van der Waals surface area contributed by atoms with Crippen molar-refractivity contribution in [2.75, 3.05) is 14.2 Å². The fourth-order valence-corrected chi connectivity index (χ4v) is 1.32. The average molecular weight is 237 g/mol. The van der Waals surface area contributed by atoms with Crippen molar-refractivity contribution in [2.24, 2.45) is 0 Å². The molecule has 0 aromatic heterocycles. The highest BCUT2D eigenvalue weighted by molar-refractivity contribution is 5.74. The van der Waals surface area contributed by atoms with Crippen LogP contribution >= 0.6 is 0 Å². The average Bonchev–Trinajstić information content (AvgIpc) is 2.32. The van der Waals surface area contributed by atoms with Gasteiger partial charge in [0.15, 0.2) is 0 Å². The third-order valence-corrected chi connectivity index (χ3v) is 2.27. The summed E-state index contributed by atoms with van der Waals surface area (Å²) in [6, 6.07) is 4.48. The van der Waals surface area contributed by atoms with E-state index >= 15 is 0 Å². The van der Waals surface area contributed by atoms with Gasteiger partial charge in [0.1, 0.15) is 0 Å². The van der Waals surface area contributed by atoms with E-state index in [0.717, 1.165) is 0 Å². The van der Waals surface area contributed by atoms with E-state index in [1.807, 2.05) is 0 Å². The number of hydrogen-bond acceptors (Lipinski definition) is 5. The molecule has 0 saturated carbocycles. The fourth-order valence-electron chi connectivity index (χ4n) is 1.32. The maximum absolute atomic E-state index is 11.6. The van der Waals surface area contributed by atoms with E-state index in [9.17, 15) is 14.7 Å². The summed E-state index contributed by atoms with van der Waals surface area (Å²) in [4.78, 5) is 22.0. The first kappa shape index (κ1) is 13.0. The number of methoxy groups -OCH3 is 2. The molecule has 17 heavy (non-hydrogen) atoms. The quantitative estimate of drug-likeness (QED) is 0.699. The van der Waals surface area contributed by atoms with Crippen molar-refractivity contribution < 1.29 is 24.2 Å². The molecule has 1 aromatic rings. The molecule has 0 amide bonds. The summed E-state index contributed by atoms with van der Waals surface area (Å²) in [5, 5.41) is 11.6. The third-order valence-electron chi connectivity index (χ3n) is 2.27. The smallest absolute Gasteiger partial charge is 0.309 e. The molecule has 1 aromatic carbocycles. The van der Waals surface area contributed by atoms with Crippen LogP contribution in [-0.2, 0) is 31.9 Å². The van der Waals surface area contributed by atoms with Crippen LogP contribution in [0, 0.1) is 0 Å². The van der Waals surface area contributed by atoms with Crippen LogP contribution < -0.4 is 5.11 Å². The second-order valence-corrected chi connectivity index (χ2v) is 3.45. The Balaban J connectivity index is 2.79. The first-order valence-corrected chi connectivity index (χ1v) is 4.99. The van der Waals surface area contributed by atoms with Crippen molar-refractivity contribution >= 4 is 11.9 Å². The lowest BCUT2D eigenvalue weighted by Crippen LogP contribution is -2.09. The molecule has 0 heterocycles. The molecule has 0 N–H and O–H groups in total. The number of carbonyl (C=O) groups excluding carboxylic acids is 2. The van der Waals surface area contributed by atoms with Crippen molar-refractivity contribution in [1.82, 2.24) is 0 Å². The van der Waals surface area contributed by atoms with E-state index in [1.165, 1.54) is 26.4 Å². The van der Waals surface area contributed by atoms with Crippen molar-refractivity contribution in [1.29, 1.82) is 0 Å². The fraction of sp³-hybridized carbons (Fsp3) is 0.333. The Morgan fingerprint density at radius 2 is 1.71 bits per heavy atom. The molecule has 0 aliphatic carbocycles. The van der Waals surface area contributed by atoms with Crippen LogP contribution in [-0.4, -0.2) is 26.2 Å². The number of carbonyl (C=O) groups is 2. The highest BCUT2D eigenvalue weighted by atomic mass is 16.5. The van der Waals surface area contributed by atoms with Gasteiger partial charge < -0.3 is 14.6 Å². The van der Waals surface area contributed by atoms with Crippen LogP contribution in [0.3, 0.4) is 0 Å². The highest BCUT2D eigenvalue weighted by Gasteiger charge is 2.06. The SMILES string of the molecule is COC(=O)Cc1ccc(CC(=O)OC)c([O-])c1. The Morgan fingerprint density at radius 1 is 1.12 bits per heavy atom. The van der Waals surface area contributed by atoms with Gasteiger partial charge in [-0.05, 0) is 11.1 Å². The minimum atomic E-state index is -0.470. The number of rotatable bonds is 4. The zero-order valence-corrected chi connectivity index (χ0v) is 9.69. The van der Waals surface area contributed by atoms with E-state index in [4.69, 9.17) is 0 Å². The zero-order valence-electron chi connectivity index (χ0n) is 9.69. The van der Waals surface area contributed by atoms with E-state index in [1.54, 1.807) is 6.07 Å². The van der Waals surface area contributed by atoms with Crippen molar-refractivity contribution in [3.05, 3.63) is 29.3 Å². The second-order valence-electron chi connectivity index (χ2n) is 3.45. The van der Waals surface area contributed by atoms with Crippen LogP contribution in [0.2, 0.25) is 0 Å². The summed E-state index contributed by atoms with van der Waals surface area (Å²) in [5.41, 5.74) is 0.918. The van der Waals surface area contributed by atoms with Crippen LogP contribution in [0.5, 0.6) is 5.75 Å². The summed E-state index contributed by atoms with van der Waals surface area (Å²) >= 11 is 0. The standard InChI is InChI=1S/C12H14O5/c1-16-11(14)6-8-3-4-9(10(13)5-8)7-12(15)17-2/h3-5,13H,6-7H2,1-2H3/p-1. The molecule has 0 fully saturated rings. The van der Waals surface area contributed by atoms with Crippen molar-refractivity contribution in [3.63, 3.8) is 0 Å². The topological polar surface area (TPSA) is 75.7 Å². The van der Waals surface area contributed by atoms with Crippen molar-refractivity contribution in [3.8, 4) is 5.75 Å². The molecule has 0 aliphatic rings. The molecule has 0 unspecified atom stereocenters. The second kappa shape index (κ2) is 5.89. The maximum Gasteiger partial charge on any atom is 0.309 e. The van der Waals surface area contributed by atoms with Gasteiger partial charge in [0, 0.05) is 0 Å². The molecule has 0 bridgehead atoms. The number of ether oxygens (including phenoxy) is 2. The zero-order chi connectivity index (χ0) is 12.8. The Bertz CT molecular complexity index is 425. The molecule has 0 atom stereocenters. The molecular formula is C12H13O5-. The molecule has 5 nitrogen and oxygen atoms in total. The lowest BCUT2D eigenvalue weighted by molar-refractivity contribution is -0.269. The Hall–Kier alpha value is -2.04. The summed E-state index contributed by atoms with van der Waals surface area (Å²) in [6.07, 6.45) is -0.0158. The molecule has 92 valence electrons. The lowest BCUT2D eigenvalue weighted by Gasteiger charge is -2.14. The summed E-state index contributed by atoms with van der Waals surface area (Å²) < 4.78 is 8.96. The summed E-state index contributed by atoms with van der Waals surface area (Å²) in [7, 11) is 2.55. The first-order valence-electron chi connectivity index (χ1n) is 4.99. The van der Waals surface area contributed by atoms with Crippen LogP contribution in [0.1, 0.15) is 11.1 Å². The highest BCUT2D eigenvalue weighted by Crippen LogP contribution is 2.17. The molecule has 0 radical (unpaired) electrons. The molecular weight excluding hydrogens is 224 g/mol. The van der Waals surface area contributed by atoms with Gasteiger partial charge in [0.2, 0.25) is 0 Å². The molecule has 0 aliphatic heterocycles. The van der Waals surface area contributed by atoms with E-state index in [2.05, 4.69) is 9.47 Å². The molecule has 0 saturated heterocycles. The van der Waals surface area contributed by atoms with E-state index in [0.29, 0.717) is 11.1 Å². The summed E-state index contributed by atoms with van der Waals surface area (Å²) in [5.74, 6) is -1.16.